The maximum atomic E-state index is 13.3. The lowest BCUT2D eigenvalue weighted by atomic mass is 10.2. The summed E-state index contributed by atoms with van der Waals surface area (Å²) < 4.78 is 14.1. The molecule has 2 rings (SSSR count). The van der Waals surface area contributed by atoms with E-state index in [1.807, 2.05) is 0 Å². The van der Waals surface area contributed by atoms with Gasteiger partial charge in [0.2, 0.25) is 0 Å². The molecule has 98 valence electrons. The van der Waals surface area contributed by atoms with Crippen LogP contribution >= 0.6 is 28.1 Å². The zero-order valence-electron chi connectivity index (χ0n) is 9.74. The van der Waals surface area contributed by atoms with Crippen LogP contribution in [-0.4, -0.2) is 10.9 Å². The zero-order chi connectivity index (χ0) is 13.8. The molecule has 0 aliphatic rings. The van der Waals surface area contributed by atoms with E-state index < -0.39 is 0 Å². The van der Waals surface area contributed by atoms with Crippen LogP contribution < -0.4 is 5.32 Å². The molecule has 0 spiro atoms. The number of hydrogen-bond acceptors (Lipinski definition) is 2. The van der Waals surface area contributed by atoms with Crippen molar-refractivity contribution in [3.8, 4) is 0 Å². The van der Waals surface area contributed by atoms with Crippen LogP contribution in [0.3, 0.4) is 0 Å². The van der Waals surface area contributed by atoms with Gasteiger partial charge in [0.15, 0.2) is 0 Å². The van der Waals surface area contributed by atoms with E-state index in [1.54, 1.807) is 30.5 Å². The van der Waals surface area contributed by atoms with Gasteiger partial charge in [-0.25, -0.2) is 4.39 Å². The minimum Gasteiger partial charge on any atom is -0.352 e. The molecular formula is C13H10BrFN2OS. The Labute approximate surface area is 123 Å². The second-order valence-corrected chi connectivity index (χ2v) is 5.11. The van der Waals surface area contributed by atoms with Gasteiger partial charge in [0.05, 0.1) is 10.0 Å². The highest BCUT2D eigenvalue weighted by atomic mass is 79.9. The molecule has 0 unspecified atom stereocenters. The molecule has 0 saturated heterocycles. The van der Waals surface area contributed by atoms with Crippen molar-refractivity contribution in [1.82, 2.24) is 10.3 Å². The first kappa shape index (κ1) is 13.9. The predicted octanol–water partition coefficient (Wildman–Crippen LogP) is 3.58. The molecule has 0 fully saturated rings. The molecule has 0 aliphatic heterocycles. The fourth-order valence-corrected chi connectivity index (χ4v) is 2.00. The number of halogens is 2. The summed E-state index contributed by atoms with van der Waals surface area (Å²) in [5, 5.41) is 2.70. The fourth-order valence-electron chi connectivity index (χ4n) is 1.53. The minimum atomic E-state index is -0.358. The molecule has 0 saturated carbocycles. The highest BCUT2D eigenvalue weighted by Crippen LogP contribution is 2.16. The maximum Gasteiger partial charge on any atom is 0.254 e. The number of hydrogen-bond donors (Lipinski definition) is 2. The molecule has 6 heteroatoms. The van der Waals surface area contributed by atoms with Crippen molar-refractivity contribution in [2.24, 2.45) is 0 Å². The summed E-state index contributed by atoms with van der Waals surface area (Å²) in [6, 6.07) is 8.04. The third-order valence-corrected chi connectivity index (χ3v) is 3.48. The van der Waals surface area contributed by atoms with Crippen molar-refractivity contribution >= 4 is 34.1 Å². The fraction of sp³-hybridized carbons (Fsp3) is 0.0769. The number of benzene rings is 1. The normalized spacial score (nSPS) is 10.2. The third kappa shape index (κ3) is 3.48. The van der Waals surface area contributed by atoms with Crippen LogP contribution in [0.2, 0.25) is 0 Å². The highest BCUT2D eigenvalue weighted by molar-refractivity contribution is 9.10. The number of H-pyrrole nitrogens is 1. The van der Waals surface area contributed by atoms with E-state index >= 15 is 0 Å². The third-order valence-electron chi connectivity index (χ3n) is 2.50. The molecule has 1 aromatic heterocycles. The number of amides is 1. The molecule has 0 bridgehead atoms. The molecule has 0 atom stereocenters. The number of nitrogens with one attached hydrogen (secondary N) is 2. The summed E-state index contributed by atoms with van der Waals surface area (Å²) in [7, 11) is 0. The van der Waals surface area contributed by atoms with Gasteiger partial charge in [-0.15, -0.1) is 0 Å². The van der Waals surface area contributed by atoms with Crippen LogP contribution in [0, 0.1) is 10.5 Å². The van der Waals surface area contributed by atoms with Crippen LogP contribution in [0.4, 0.5) is 4.39 Å². The first-order valence-corrected chi connectivity index (χ1v) is 6.68. The molecule has 0 radical (unpaired) electrons. The SMILES string of the molecule is O=C(NCc1ccc(Br)c(F)c1)c1ccc[nH]c1=S. The van der Waals surface area contributed by atoms with E-state index in [2.05, 4.69) is 26.2 Å². The Morgan fingerprint density at radius 2 is 2.21 bits per heavy atom. The number of carbonyl (C=O) groups excluding carboxylic acids is 1. The van der Waals surface area contributed by atoms with Gasteiger partial charge < -0.3 is 10.3 Å². The standard InChI is InChI=1S/C13H10BrFN2OS/c14-10-4-3-8(6-11(10)15)7-17-12(18)9-2-1-5-16-13(9)19/h1-6H,7H2,(H,16,19)(H,17,18). The van der Waals surface area contributed by atoms with E-state index in [-0.39, 0.29) is 18.3 Å². The topological polar surface area (TPSA) is 44.9 Å². The molecule has 1 amide bonds. The Morgan fingerprint density at radius 3 is 2.89 bits per heavy atom. The van der Waals surface area contributed by atoms with Crippen molar-refractivity contribution in [3.05, 3.63) is 62.6 Å². The van der Waals surface area contributed by atoms with Crippen molar-refractivity contribution in [2.75, 3.05) is 0 Å². The van der Waals surface area contributed by atoms with Crippen LogP contribution in [0.1, 0.15) is 15.9 Å². The Morgan fingerprint density at radius 1 is 1.42 bits per heavy atom. The molecular weight excluding hydrogens is 331 g/mol. The van der Waals surface area contributed by atoms with Gasteiger partial charge in [-0.1, -0.05) is 18.3 Å². The van der Waals surface area contributed by atoms with Crippen molar-refractivity contribution < 1.29 is 9.18 Å². The molecule has 2 aromatic rings. The van der Waals surface area contributed by atoms with E-state index in [0.717, 1.165) is 0 Å². The van der Waals surface area contributed by atoms with Crippen molar-refractivity contribution in [3.63, 3.8) is 0 Å². The number of aromatic amines is 1. The van der Waals surface area contributed by atoms with Gasteiger partial charge >= 0.3 is 0 Å². The van der Waals surface area contributed by atoms with Gasteiger partial charge in [0.25, 0.3) is 5.91 Å². The molecule has 1 heterocycles. The maximum absolute atomic E-state index is 13.3. The van der Waals surface area contributed by atoms with E-state index in [9.17, 15) is 9.18 Å². The Kier molecular flexibility index (Phi) is 4.44. The van der Waals surface area contributed by atoms with Crippen LogP contribution in [-0.2, 0) is 6.54 Å². The molecule has 1 aromatic carbocycles. The monoisotopic (exact) mass is 340 g/mol. The van der Waals surface area contributed by atoms with Gasteiger partial charge in [0, 0.05) is 12.7 Å². The number of aromatic nitrogens is 1. The van der Waals surface area contributed by atoms with Gasteiger partial charge in [0.1, 0.15) is 10.5 Å². The van der Waals surface area contributed by atoms with Crippen LogP contribution in [0.15, 0.2) is 41.0 Å². The lowest BCUT2D eigenvalue weighted by molar-refractivity contribution is 0.0950. The zero-order valence-corrected chi connectivity index (χ0v) is 12.1. The molecule has 19 heavy (non-hydrogen) atoms. The lowest BCUT2D eigenvalue weighted by Gasteiger charge is -2.06. The first-order valence-electron chi connectivity index (χ1n) is 5.48. The summed E-state index contributed by atoms with van der Waals surface area (Å²) in [6.07, 6.45) is 1.66. The second-order valence-electron chi connectivity index (χ2n) is 3.84. The Balaban J connectivity index is 2.07. The highest BCUT2D eigenvalue weighted by Gasteiger charge is 2.07. The quantitative estimate of drug-likeness (QED) is 0.839. The van der Waals surface area contributed by atoms with Crippen LogP contribution in [0.25, 0.3) is 0 Å². The van der Waals surface area contributed by atoms with E-state index in [4.69, 9.17) is 12.2 Å². The summed E-state index contributed by atoms with van der Waals surface area (Å²) in [4.78, 5) is 14.7. The van der Waals surface area contributed by atoms with Crippen molar-refractivity contribution in [2.45, 2.75) is 6.54 Å². The number of pyridine rings is 1. The molecule has 3 nitrogen and oxygen atoms in total. The largest absolute Gasteiger partial charge is 0.352 e. The Bertz CT molecular complexity index is 672. The van der Waals surface area contributed by atoms with Gasteiger partial charge in [-0.05, 0) is 45.8 Å². The van der Waals surface area contributed by atoms with E-state index in [1.165, 1.54) is 6.07 Å². The average Bonchev–Trinajstić information content (AvgIpc) is 2.40. The second kappa shape index (κ2) is 6.08. The molecule has 2 N–H and O–H groups in total. The molecule has 0 aliphatic carbocycles. The van der Waals surface area contributed by atoms with Gasteiger partial charge in [-0.2, -0.15) is 0 Å². The number of carbonyl (C=O) groups is 1. The van der Waals surface area contributed by atoms with E-state index in [0.29, 0.717) is 20.2 Å². The van der Waals surface area contributed by atoms with Crippen LogP contribution in [0.5, 0.6) is 0 Å². The van der Waals surface area contributed by atoms with Crippen molar-refractivity contribution in [1.29, 1.82) is 0 Å². The number of rotatable bonds is 3. The lowest BCUT2D eigenvalue weighted by Crippen LogP contribution is -2.23. The van der Waals surface area contributed by atoms with Gasteiger partial charge in [-0.3, -0.25) is 4.79 Å². The summed E-state index contributed by atoms with van der Waals surface area (Å²) >= 11 is 8.09. The summed E-state index contributed by atoms with van der Waals surface area (Å²) in [5.41, 5.74) is 1.08. The first-order chi connectivity index (χ1) is 9.08. The smallest absolute Gasteiger partial charge is 0.254 e. The average molecular weight is 341 g/mol. The minimum absolute atomic E-state index is 0.243. The predicted molar refractivity (Wildman–Crippen MR) is 76.9 cm³/mol. The Hall–Kier alpha value is -1.53. The summed E-state index contributed by atoms with van der Waals surface area (Å²) in [6.45, 7) is 0.243. The summed E-state index contributed by atoms with van der Waals surface area (Å²) in [5.74, 6) is -0.645.